The maximum Gasteiger partial charge on any atom is 0.101 e. The predicted octanol–water partition coefficient (Wildman–Crippen LogP) is 2.05. The van der Waals surface area contributed by atoms with Crippen molar-refractivity contribution in [1.29, 1.82) is 5.26 Å². The van der Waals surface area contributed by atoms with Crippen LogP contribution >= 0.6 is 22.6 Å². The summed E-state index contributed by atoms with van der Waals surface area (Å²) in [6.45, 7) is 1.96. The lowest BCUT2D eigenvalue weighted by atomic mass is 10.1. The summed E-state index contributed by atoms with van der Waals surface area (Å²) in [5, 5.41) is 8.60. The molecule has 0 bridgehead atoms. The van der Waals surface area contributed by atoms with E-state index in [1.54, 1.807) is 6.07 Å². The Morgan fingerprint density at radius 3 is 2.73 bits per heavy atom. The molecule has 3 heteroatoms. The van der Waals surface area contributed by atoms with Crippen LogP contribution in [0.25, 0.3) is 0 Å². The molecule has 1 rings (SSSR count). The number of nitrogen functional groups attached to an aromatic ring is 1. The third-order valence-corrected chi connectivity index (χ3v) is 2.61. The molecule has 0 saturated heterocycles. The number of hydrogen-bond donors (Lipinski definition) is 1. The van der Waals surface area contributed by atoms with Crippen LogP contribution in [0.5, 0.6) is 0 Å². The maximum atomic E-state index is 8.60. The molecule has 56 valence electrons. The summed E-state index contributed by atoms with van der Waals surface area (Å²) in [7, 11) is 0. The van der Waals surface area contributed by atoms with Crippen LogP contribution in [0.3, 0.4) is 0 Å². The third kappa shape index (κ3) is 1.63. The predicted molar refractivity (Wildman–Crippen MR) is 53.0 cm³/mol. The number of nitrogens with two attached hydrogens (primary N) is 1. The highest BCUT2D eigenvalue weighted by Gasteiger charge is 2.00. The first-order valence-corrected chi connectivity index (χ1v) is 4.18. The molecule has 0 unspecified atom stereocenters. The molecule has 0 atom stereocenters. The van der Waals surface area contributed by atoms with Crippen molar-refractivity contribution >= 4 is 28.3 Å². The van der Waals surface area contributed by atoms with Gasteiger partial charge in [0.05, 0.1) is 11.3 Å². The smallest absolute Gasteiger partial charge is 0.101 e. The van der Waals surface area contributed by atoms with Crippen LogP contribution in [0.4, 0.5) is 5.69 Å². The maximum absolute atomic E-state index is 8.60. The Balaban J connectivity index is 3.35. The molecule has 0 saturated carbocycles. The van der Waals surface area contributed by atoms with Crippen molar-refractivity contribution in [2.24, 2.45) is 0 Å². The minimum Gasteiger partial charge on any atom is -0.398 e. The minimum absolute atomic E-state index is 0.558. The van der Waals surface area contributed by atoms with Crippen molar-refractivity contribution in [3.63, 3.8) is 0 Å². The van der Waals surface area contributed by atoms with Gasteiger partial charge in [-0.2, -0.15) is 5.26 Å². The molecule has 0 aliphatic carbocycles. The SMILES string of the molecule is Cc1cc(C#N)c(N)cc1I. The molecule has 0 radical (unpaired) electrons. The highest BCUT2D eigenvalue weighted by Crippen LogP contribution is 2.18. The highest BCUT2D eigenvalue weighted by atomic mass is 127. The Morgan fingerprint density at radius 2 is 2.18 bits per heavy atom. The van der Waals surface area contributed by atoms with Crippen LogP contribution in [0.15, 0.2) is 12.1 Å². The molecule has 0 heterocycles. The van der Waals surface area contributed by atoms with Gasteiger partial charge in [-0.1, -0.05) is 0 Å². The molecule has 0 aliphatic rings. The van der Waals surface area contributed by atoms with E-state index in [4.69, 9.17) is 11.0 Å². The van der Waals surface area contributed by atoms with E-state index in [-0.39, 0.29) is 0 Å². The van der Waals surface area contributed by atoms with Gasteiger partial charge in [-0.05, 0) is 47.2 Å². The van der Waals surface area contributed by atoms with Crippen LogP contribution in [0.2, 0.25) is 0 Å². The summed E-state index contributed by atoms with van der Waals surface area (Å²) >= 11 is 2.19. The number of halogens is 1. The van der Waals surface area contributed by atoms with E-state index in [1.165, 1.54) is 0 Å². The van der Waals surface area contributed by atoms with Gasteiger partial charge in [-0.15, -0.1) is 0 Å². The van der Waals surface area contributed by atoms with Crippen molar-refractivity contribution in [1.82, 2.24) is 0 Å². The molecule has 0 spiro atoms. The molecule has 0 amide bonds. The van der Waals surface area contributed by atoms with E-state index in [0.29, 0.717) is 11.3 Å². The highest BCUT2D eigenvalue weighted by molar-refractivity contribution is 14.1. The van der Waals surface area contributed by atoms with Gasteiger partial charge < -0.3 is 5.73 Å². The number of nitriles is 1. The number of aryl methyl sites for hydroxylation is 1. The van der Waals surface area contributed by atoms with Crippen molar-refractivity contribution in [3.05, 3.63) is 26.8 Å². The summed E-state index contributed by atoms with van der Waals surface area (Å²) in [6.07, 6.45) is 0. The molecule has 1 aromatic carbocycles. The van der Waals surface area contributed by atoms with Crippen molar-refractivity contribution in [3.8, 4) is 6.07 Å². The van der Waals surface area contributed by atoms with E-state index in [0.717, 1.165) is 9.13 Å². The van der Waals surface area contributed by atoms with Gasteiger partial charge in [0.1, 0.15) is 6.07 Å². The molecule has 0 aromatic heterocycles. The standard InChI is InChI=1S/C8H7IN2/c1-5-2-6(4-10)8(11)3-7(5)9/h2-3H,11H2,1H3. The average molecular weight is 258 g/mol. The Kier molecular flexibility index (Phi) is 2.35. The Hall–Kier alpha value is -0.760. The van der Waals surface area contributed by atoms with E-state index < -0.39 is 0 Å². The van der Waals surface area contributed by atoms with Crippen molar-refractivity contribution < 1.29 is 0 Å². The van der Waals surface area contributed by atoms with Gasteiger partial charge in [0, 0.05) is 3.57 Å². The van der Waals surface area contributed by atoms with Crippen LogP contribution in [0.1, 0.15) is 11.1 Å². The van der Waals surface area contributed by atoms with Crippen LogP contribution in [0, 0.1) is 21.8 Å². The first kappa shape index (κ1) is 8.34. The topological polar surface area (TPSA) is 49.8 Å². The van der Waals surface area contributed by atoms with Crippen molar-refractivity contribution in [2.45, 2.75) is 6.92 Å². The van der Waals surface area contributed by atoms with E-state index in [2.05, 4.69) is 22.6 Å². The average Bonchev–Trinajstić information content (AvgIpc) is 1.97. The van der Waals surface area contributed by atoms with Gasteiger partial charge in [-0.3, -0.25) is 0 Å². The van der Waals surface area contributed by atoms with Crippen LogP contribution in [-0.4, -0.2) is 0 Å². The van der Waals surface area contributed by atoms with E-state index in [9.17, 15) is 0 Å². The summed E-state index contributed by atoms with van der Waals surface area (Å²) in [5.74, 6) is 0. The van der Waals surface area contributed by atoms with Gasteiger partial charge in [0.15, 0.2) is 0 Å². The Morgan fingerprint density at radius 1 is 1.55 bits per heavy atom. The Bertz CT molecular complexity index is 326. The molecule has 1 aromatic rings. The fourth-order valence-electron chi connectivity index (χ4n) is 0.794. The van der Waals surface area contributed by atoms with Crippen LogP contribution < -0.4 is 5.73 Å². The minimum atomic E-state index is 0.558. The quantitative estimate of drug-likeness (QED) is 0.572. The first-order chi connectivity index (χ1) is 5.15. The fraction of sp³-hybridized carbons (Fsp3) is 0.125. The molecular formula is C8H7IN2. The zero-order chi connectivity index (χ0) is 8.43. The molecule has 2 N–H and O–H groups in total. The third-order valence-electron chi connectivity index (χ3n) is 1.45. The summed E-state index contributed by atoms with van der Waals surface area (Å²) in [6, 6.07) is 5.65. The van der Waals surface area contributed by atoms with Gasteiger partial charge in [0.25, 0.3) is 0 Å². The lowest BCUT2D eigenvalue weighted by Gasteiger charge is -2.00. The second-order valence-corrected chi connectivity index (χ2v) is 3.46. The molecule has 11 heavy (non-hydrogen) atoms. The van der Waals surface area contributed by atoms with Crippen LogP contribution in [-0.2, 0) is 0 Å². The number of rotatable bonds is 0. The zero-order valence-electron chi connectivity index (χ0n) is 6.06. The molecule has 0 aliphatic heterocycles. The number of nitrogens with zero attached hydrogens (tertiary/aromatic N) is 1. The Labute approximate surface area is 79.2 Å². The van der Waals surface area contributed by atoms with E-state index in [1.807, 2.05) is 19.1 Å². The summed E-state index contributed by atoms with van der Waals surface area (Å²) < 4.78 is 1.10. The lowest BCUT2D eigenvalue weighted by Crippen LogP contribution is -1.92. The second-order valence-electron chi connectivity index (χ2n) is 2.30. The first-order valence-electron chi connectivity index (χ1n) is 3.11. The largest absolute Gasteiger partial charge is 0.398 e. The normalized spacial score (nSPS) is 9.18. The lowest BCUT2D eigenvalue weighted by molar-refractivity contribution is 1.39. The van der Waals surface area contributed by atoms with Gasteiger partial charge in [-0.25, -0.2) is 0 Å². The van der Waals surface area contributed by atoms with E-state index >= 15 is 0 Å². The monoisotopic (exact) mass is 258 g/mol. The zero-order valence-corrected chi connectivity index (χ0v) is 8.21. The molecular weight excluding hydrogens is 251 g/mol. The second kappa shape index (κ2) is 3.09. The molecule has 0 fully saturated rings. The number of anilines is 1. The fourth-order valence-corrected chi connectivity index (χ4v) is 1.28. The van der Waals surface area contributed by atoms with Gasteiger partial charge in [0.2, 0.25) is 0 Å². The van der Waals surface area contributed by atoms with Gasteiger partial charge >= 0.3 is 0 Å². The number of benzene rings is 1. The molecule has 2 nitrogen and oxygen atoms in total. The van der Waals surface area contributed by atoms with Crippen molar-refractivity contribution in [2.75, 3.05) is 5.73 Å². The summed E-state index contributed by atoms with van der Waals surface area (Å²) in [5.41, 5.74) is 7.78. The summed E-state index contributed by atoms with van der Waals surface area (Å²) in [4.78, 5) is 0. The number of hydrogen-bond acceptors (Lipinski definition) is 2.